The van der Waals surface area contributed by atoms with Crippen molar-refractivity contribution in [1.82, 2.24) is 24.5 Å². The van der Waals surface area contributed by atoms with E-state index in [1.54, 1.807) is 6.07 Å². The summed E-state index contributed by atoms with van der Waals surface area (Å²) in [6.45, 7) is 2.50. The van der Waals surface area contributed by atoms with Gasteiger partial charge in [0.2, 0.25) is 5.95 Å². The summed E-state index contributed by atoms with van der Waals surface area (Å²) in [7, 11) is 2.09. The molecule has 0 spiro atoms. The molecule has 6 rings (SSSR count). The maximum Gasteiger partial charge on any atom is 0.274 e. The third-order valence-electron chi connectivity index (χ3n) is 6.88. The molecule has 3 heterocycles. The number of rotatable bonds is 4. The highest BCUT2D eigenvalue weighted by atomic mass is 16.5. The molecule has 31 heavy (non-hydrogen) atoms. The summed E-state index contributed by atoms with van der Waals surface area (Å²) in [5, 5.41) is 6.64. The molecule has 2 N–H and O–H groups in total. The average molecular weight is 421 g/mol. The van der Waals surface area contributed by atoms with Crippen LogP contribution in [0.3, 0.4) is 0 Å². The Morgan fingerprint density at radius 2 is 1.90 bits per heavy atom. The minimum Gasteiger partial charge on any atom is -0.375 e. The lowest BCUT2D eigenvalue weighted by molar-refractivity contribution is -0.0190. The van der Waals surface area contributed by atoms with Crippen LogP contribution in [0.2, 0.25) is 0 Å². The smallest absolute Gasteiger partial charge is 0.274 e. The maximum absolute atomic E-state index is 12.7. The third kappa shape index (κ3) is 3.43. The van der Waals surface area contributed by atoms with Gasteiger partial charge in [-0.05, 0) is 67.8 Å². The summed E-state index contributed by atoms with van der Waals surface area (Å²) in [4.78, 5) is 24.2. The fraction of sp³-hybridized carbons (Fsp3) is 0.522. The van der Waals surface area contributed by atoms with E-state index in [0.717, 1.165) is 44.5 Å². The molecular formula is C23H28N6O2. The van der Waals surface area contributed by atoms with E-state index < -0.39 is 0 Å². The number of nitrogens with one attached hydrogen (secondary N) is 2. The largest absolute Gasteiger partial charge is 0.375 e. The minimum atomic E-state index is -0.145. The molecule has 3 aromatic rings. The van der Waals surface area contributed by atoms with Crippen molar-refractivity contribution in [3.63, 3.8) is 0 Å². The molecule has 1 unspecified atom stereocenters. The van der Waals surface area contributed by atoms with Crippen LogP contribution >= 0.6 is 0 Å². The van der Waals surface area contributed by atoms with E-state index in [9.17, 15) is 4.79 Å². The van der Waals surface area contributed by atoms with E-state index in [2.05, 4.69) is 38.4 Å². The fourth-order valence-corrected chi connectivity index (χ4v) is 5.40. The Balaban J connectivity index is 1.32. The van der Waals surface area contributed by atoms with Crippen LogP contribution in [-0.2, 0) is 36.8 Å². The molecule has 2 aliphatic carbocycles. The number of likely N-dealkylation sites (N-methyl/N-ethyl adjacent to an activating group) is 1. The van der Waals surface area contributed by atoms with Gasteiger partial charge >= 0.3 is 0 Å². The van der Waals surface area contributed by atoms with Gasteiger partial charge in [0.05, 0.1) is 18.4 Å². The van der Waals surface area contributed by atoms with Crippen molar-refractivity contribution in [1.29, 1.82) is 0 Å². The number of fused-ring (bicyclic) bond motifs is 3. The molecule has 1 fully saturated rings. The summed E-state index contributed by atoms with van der Waals surface area (Å²) in [5.41, 5.74) is 7.55. The number of anilines is 2. The molecule has 1 aliphatic heterocycles. The number of hydrogen-bond acceptors (Lipinski definition) is 6. The Morgan fingerprint density at radius 1 is 1.13 bits per heavy atom. The molecule has 8 heteroatoms. The normalized spacial score (nSPS) is 20.9. The van der Waals surface area contributed by atoms with E-state index >= 15 is 0 Å². The summed E-state index contributed by atoms with van der Waals surface area (Å²) in [6.07, 6.45) is 7.59. The molecule has 2 aromatic heterocycles. The predicted molar refractivity (Wildman–Crippen MR) is 118 cm³/mol. The van der Waals surface area contributed by atoms with E-state index in [4.69, 9.17) is 4.74 Å². The quantitative estimate of drug-likeness (QED) is 0.671. The van der Waals surface area contributed by atoms with Gasteiger partial charge in [-0.2, -0.15) is 9.50 Å². The zero-order valence-electron chi connectivity index (χ0n) is 17.9. The minimum absolute atomic E-state index is 0.0548. The number of morpholine rings is 1. The second-order valence-electron chi connectivity index (χ2n) is 9.11. The molecule has 0 saturated carbocycles. The summed E-state index contributed by atoms with van der Waals surface area (Å²) >= 11 is 0. The number of nitrogens with zero attached hydrogens (tertiary/aromatic N) is 4. The maximum atomic E-state index is 12.7. The highest BCUT2D eigenvalue weighted by Crippen LogP contribution is 2.39. The van der Waals surface area contributed by atoms with Crippen LogP contribution in [0.5, 0.6) is 0 Å². The first kappa shape index (κ1) is 19.0. The Hall–Kier alpha value is -2.71. The Labute approximate surface area is 180 Å². The van der Waals surface area contributed by atoms with Gasteiger partial charge in [-0.3, -0.25) is 9.89 Å². The number of aryl methyl sites for hydroxylation is 2. The molecule has 8 nitrogen and oxygen atoms in total. The number of aromatic amines is 1. The van der Waals surface area contributed by atoms with Crippen LogP contribution in [0.15, 0.2) is 16.9 Å². The van der Waals surface area contributed by atoms with Crippen molar-refractivity contribution in [2.45, 2.75) is 51.0 Å². The van der Waals surface area contributed by atoms with E-state index in [1.807, 2.05) is 0 Å². The zero-order chi connectivity index (χ0) is 20.9. The number of ether oxygens (including phenoxy) is 1. The summed E-state index contributed by atoms with van der Waals surface area (Å²) in [6, 6.07) is 4.00. The first-order valence-corrected chi connectivity index (χ1v) is 11.4. The van der Waals surface area contributed by atoms with Crippen LogP contribution < -0.4 is 10.9 Å². The van der Waals surface area contributed by atoms with E-state index in [1.165, 1.54) is 45.3 Å². The highest BCUT2D eigenvalue weighted by molar-refractivity contribution is 5.70. The molecule has 162 valence electrons. The van der Waals surface area contributed by atoms with Gasteiger partial charge in [-0.15, -0.1) is 0 Å². The monoisotopic (exact) mass is 420 g/mol. The second-order valence-corrected chi connectivity index (χ2v) is 9.11. The first-order valence-electron chi connectivity index (χ1n) is 11.4. The third-order valence-corrected chi connectivity index (χ3v) is 6.88. The average Bonchev–Trinajstić information content (AvgIpc) is 3.47. The number of H-pyrrole nitrogens is 1. The highest BCUT2D eigenvalue weighted by Gasteiger charge is 2.25. The lowest BCUT2D eigenvalue weighted by Gasteiger charge is -2.29. The first-order chi connectivity index (χ1) is 15.1. The van der Waals surface area contributed by atoms with Gasteiger partial charge in [0.15, 0.2) is 0 Å². The van der Waals surface area contributed by atoms with Gasteiger partial charge < -0.3 is 15.0 Å². The van der Waals surface area contributed by atoms with Crippen LogP contribution in [-0.4, -0.2) is 57.3 Å². The van der Waals surface area contributed by atoms with Crippen molar-refractivity contribution < 1.29 is 4.74 Å². The Morgan fingerprint density at radius 3 is 2.65 bits per heavy atom. The molecule has 1 aromatic carbocycles. The Bertz CT molecular complexity index is 1180. The van der Waals surface area contributed by atoms with Crippen LogP contribution in [0.25, 0.3) is 5.78 Å². The summed E-state index contributed by atoms with van der Waals surface area (Å²) in [5.74, 6) is 0.975. The lowest BCUT2D eigenvalue weighted by Crippen LogP contribution is -2.41. The van der Waals surface area contributed by atoms with Crippen molar-refractivity contribution in [3.05, 3.63) is 50.4 Å². The number of benzene rings is 1. The van der Waals surface area contributed by atoms with Crippen LogP contribution in [0.4, 0.5) is 11.6 Å². The van der Waals surface area contributed by atoms with E-state index in [-0.39, 0.29) is 11.7 Å². The SMILES string of the molecule is CN1CCOC(Cc2cc(=O)n3[nH]c(Nc4c5c(cc6c4CCC6)CCC5)nc3n2)C1. The molecule has 0 bridgehead atoms. The predicted octanol–water partition coefficient (Wildman–Crippen LogP) is 2.01. The topological polar surface area (TPSA) is 87.5 Å². The number of aromatic nitrogens is 4. The van der Waals surface area contributed by atoms with Gasteiger partial charge in [-0.1, -0.05) is 6.07 Å². The molecule has 1 atom stereocenters. The van der Waals surface area contributed by atoms with Gasteiger partial charge in [0.25, 0.3) is 11.3 Å². The molecule has 0 radical (unpaired) electrons. The van der Waals surface area contributed by atoms with Crippen LogP contribution in [0, 0.1) is 0 Å². The van der Waals surface area contributed by atoms with Gasteiger partial charge in [0.1, 0.15) is 0 Å². The summed E-state index contributed by atoms with van der Waals surface area (Å²) < 4.78 is 7.26. The lowest BCUT2D eigenvalue weighted by atomic mass is 9.99. The zero-order valence-corrected chi connectivity index (χ0v) is 17.9. The van der Waals surface area contributed by atoms with Gasteiger partial charge in [0, 0.05) is 31.3 Å². The fourth-order valence-electron chi connectivity index (χ4n) is 5.40. The molecule has 0 amide bonds. The molecular weight excluding hydrogens is 392 g/mol. The molecule has 3 aliphatic rings. The van der Waals surface area contributed by atoms with Crippen molar-refractivity contribution in [2.24, 2.45) is 0 Å². The van der Waals surface area contributed by atoms with Crippen LogP contribution in [0.1, 0.15) is 40.8 Å². The standard InChI is InChI=1S/C23H28N6O2/c1-28-8-9-31-17(13-28)11-16-12-20(30)29-23(24-16)26-22(27-29)25-21-18-6-2-4-14(18)10-15-5-3-7-19(15)21/h10,12,17H,2-9,11,13H2,1H3,(H2,24,25,26,27). The van der Waals surface area contributed by atoms with Crippen molar-refractivity contribution in [2.75, 3.05) is 32.1 Å². The van der Waals surface area contributed by atoms with Gasteiger partial charge in [-0.25, -0.2) is 4.98 Å². The Kier molecular flexibility index (Phi) is 4.57. The number of hydrogen-bond donors (Lipinski definition) is 2. The second kappa shape index (κ2) is 7.46. The van der Waals surface area contributed by atoms with Crippen molar-refractivity contribution in [3.8, 4) is 0 Å². The van der Waals surface area contributed by atoms with Crippen molar-refractivity contribution >= 4 is 17.4 Å². The molecule has 1 saturated heterocycles. The van der Waals surface area contributed by atoms with E-state index in [0.29, 0.717) is 24.8 Å².